The molecule has 2 aromatic carbocycles. The molecule has 0 saturated carbocycles. The highest BCUT2D eigenvalue weighted by atomic mass is 16.2. The van der Waals surface area contributed by atoms with E-state index in [-0.39, 0.29) is 17.7 Å². The summed E-state index contributed by atoms with van der Waals surface area (Å²) < 4.78 is 0. The number of hydrogen-bond acceptors (Lipinski definition) is 7. The first-order valence-electron chi connectivity index (χ1n) is 12.4. The Bertz CT molecular complexity index is 1540. The van der Waals surface area contributed by atoms with E-state index in [0.29, 0.717) is 48.8 Å². The molecule has 1 aliphatic rings. The second-order valence-corrected chi connectivity index (χ2v) is 8.81. The number of nitrogens with zero attached hydrogens (tertiary/aromatic N) is 1. The van der Waals surface area contributed by atoms with Crippen LogP contribution in [0.25, 0.3) is 21.8 Å². The van der Waals surface area contributed by atoms with Crippen molar-refractivity contribution in [2.24, 2.45) is 10.7 Å². The first-order chi connectivity index (χ1) is 18.5. The van der Waals surface area contributed by atoms with Crippen LogP contribution < -0.4 is 32.3 Å². The molecule has 196 valence electrons. The molecule has 12 nitrogen and oxygen atoms in total. The molecular weight excluding hydrogens is 486 g/mol. The van der Waals surface area contributed by atoms with E-state index in [4.69, 9.17) is 5.73 Å². The number of guanidine groups is 1. The van der Waals surface area contributed by atoms with Crippen molar-refractivity contribution in [3.05, 3.63) is 65.5 Å². The number of nitrogens with one attached hydrogen (secondary N) is 7. The second-order valence-electron chi connectivity index (χ2n) is 8.81. The number of carbonyl (C=O) groups is 3. The van der Waals surface area contributed by atoms with E-state index in [0.717, 1.165) is 40.9 Å². The average molecular weight is 516 g/mol. The lowest BCUT2D eigenvalue weighted by atomic mass is 10.1. The van der Waals surface area contributed by atoms with Crippen LogP contribution in [0.2, 0.25) is 0 Å². The molecule has 1 aliphatic heterocycles. The lowest BCUT2D eigenvalue weighted by Gasteiger charge is -2.08. The lowest BCUT2D eigenvalue weighted by Crippen LogP contribution is -2.39. The van der Waals surface area contributed by atoms with E-state index >= 15 is 0 Å². The highest BCUT2D eigenvalue weighted by Gasteiger charge is 2.14. The van der Waals surface area contributed by atoms with Crippen LogP contribution in [-0.2, 0) is 0 Å². The number of nitrogens with two attached hydrogens (primary N) is 1. The Labute approximate surface area is 217 Å². The number of rotatable bonds is 9. The molecule has 0 saturated heterocycles. The van der Waals surface area contributed by atoms with Gasteiger partial charge in [0, 0.05) is 65.8 Å². The molecule has 0 radical (unpaired) electrons. The van der Waals surface area contributed by atoms with E-state index in [1.165, 1.54) is 0 Å². The largest absolute Gasteiger partial charge is 0.355 e. The molecule has 12 heteroatoms. The van der Waals surface area contributed by atoms with Crippen molar-refractivity contribution in [2.45, 2.75) is 0 Å². The number of carbonyl (C=O) groups excluding carboxylic acids is 3. The van der Waals surface area contributed by atoms with Crippen LogP contribution in [0.4, 0.5) is 5.69 Å². The Morgan fingerprint density at radius 1 is 0.816 bits per heavy atom. The molecule has 2 aromatic heterocycles. The number of aromatic nitrogens is 2. The van der Waals surface area contributed by atoms with Gasteiger partial charge in [-0.3, -0.25) is 19.4 Å². The van der Waals surface area contributed by atoms with Crippen LogP contribution in [0.1, 0.15) is 31.3 Å². The molecule has 3 amide bonds. The first kappa shape index (κ1) is 24.8. The summed E-state index contributed by atoms with van der Waals surface area (Å²) in [6.07, 6.45) is 0. The van der Waals surface area contributed by atoms with Gasteiger partial charge in [-0.1, -0.05) is 0 Å². The Balaban J connectivity index is 1.21. The van der Waals surface area contributed by atoms with Crippen LogP contribution in [0.5, 0.6) is 0 Å². The van der Waals surface area contributed by atoms with Gasteiger partial charge in [0.1, 0.15) is 11.4 Å². The van der Waals surface area contributed by atoms with E-state index < -0.39 is 0 Å². The van der Waals surface area contributed by atoms with Gasteiger partial charge in [-0.05, 0) is 48.5 Å². The molecule has 5 rings (SSSR count). The maximum atomic E-state index is 12.9. The Morgan fingerprint density at radius 3 is 2.26 bits per heavy atom. The topological polar surface area (TPSA) is 181 Å². The standard InChI is InChI=1S/C26H29N9O3/c27-5-6-28-24(37)21-14-17-12-18(2-4-20(17)34-21)33-25(38)22-13-16-11-15(1-3-19(16)35-22)23(36)29-7-8-30-26-31-9-10-32-26/h1-4,11-14,34-35H,5-10,27H2,(H,28,37)(H,29,36)(H,33,38)(H2,30,31,32). The Hall–Kier alpha value is -4.84. The Kier molecular flexibility index (Phi) is 7.22. The summed E-state index contributed by atoms with van der Waals surface area (Å²) in [7, 11) is 0. The third-order valence-electron chi connectivity index (χ3n) is 6.06. The van der Waals surface area contributed by atoms with Crippen LogP contribution in [-0.4, -0.2) is 72.9 Å². The molecule has 0 fully saturated rings. The van der Waals surface area contributed by atoms with Crippen molar-refractivity contribution < 1.29 is 14.4 Å². The average Bonchev–Trinajstić information content (AvgIpc) is 3.68. The minimum Gasteiger partial charge on any atom is -0.355 e. The smallest absolute Gasteiger partial charge is 0.272 e. The van der Waals surface area contributed by atoms with Crippen LogP contribution in [0.15, 0.2) is 53.5 Å². The summed E-state index contributed by atoms with van der Waals surface area (Å²) in [6, 6.07) is 14.0. The van der Waals surface area contributed by atoms with Crippen molar-refractivity contribution >= 4 is 51.2 Å². The molecular formula is C26H29N9O3. The molecule has 3 heterocycles. The zero-order valence-corrected chi connectivity index (χ0v) is 20.6. The number of H-pyrrole nitrogens is 2. The number of hydrogen-bond donors (Lipinski definition) is 8. The predicted octanol–water partition coefficient (Wildman–Crippen LogP) is 0.869. The van der Waals surface area contributed by atoms with Crippen LogP contribution >= 0.6 is 0 Å². The van der Waals surface area contributed by atoms with E-state index in [1.54, 1.807) is 48.5 Å². The van der Waals surface area contributed by atoms with E-state index in [9.17, 15) is 14.4 Å². The fourth-order valence-corrected chi connectivity index (χ4v) is 4.18. The molecule has 4 aromatic rings. The Morgan fingerprint density at radius 2 is 1.53 bits per heavy atom. The van der Waals surface area contributed by atoms with Crippen molar-refractivity contribution in [3.8, 4) is 0 Å². The molecule has 0 bridgehead atoms. The van der Waals surface area contributed by atoms with Crippen molar-refractivity contribution in [3.63, 3.8) is 0 Å². The number of aromatic amines is 2. The molecule has 0 unspecified atom stereocenters. The fourth-order valence-electron chi connectivity index (χ4n) is 4.18. The van der Waals surface area contributed by atoms with Gasteiger partial charge < -0.3 is 42.3 Å². The second kappa shape index (κ2) is 11.0. The molecule has 38 heavy (non-hydrogen) atoms. The highest BCUT2D eigenvalue weighted by Crippen LogP contribution is 2.22. The van der Waals surface area contributed by atoms with Crippen molar-refractivity contribution in [1.82, 2.24) is 31.2 Å². The first-order valence-corrected chi connectivity index (χ1v) is 12.4. The normalized spacial score (nSPS) is 12.7. The summed E-state index contributed by atoms with van der Waals surface area (Å²) in [5.74, 6) is -0.00531. The number of benzene rings is 2. The minimum absolute atomic E-state index is 0.196. The highest BCUT2D eigenvalue weighted by molar-refractivity contribution is 6.08. The van der Waals surface area contributed by atoms with Crippen LogP contribution in [0.3, 0.4) is 0 Å². The SMILES string of the molecule is NCCNC(=O)c1cc2cc(NC(=O)c3cc4cc(C(=O)NCCNC5=NCCN5)ccc4[nH]3)ccc2[nH]1. The molecule has 0 aliphatic carbocycles. The molecule has 9 N–H and O–H groups in total. The third-order valence-corrected chi connectivity index (χ3v) is 6.06. The summed E-state index contributed by atoms with van der Waals surface area (Å²) in [5.41, 5.74) is 8.83. The third kappa shape index (κ3) is 5.60. The maximum absolute atomic E-state index is 12.9. The predicted molar refractivity (Wildman–Crippen MR) is 147 cm³/mol. The van der Waals surface area contributed by atoms with Crippen molar-refractivity contribution in [2.75, 3.05) is 44.6 Å². The number of fused-ring (bicyclic) bond motifs is 2. The van der Waals surface area contributed by atoms with Gasteiger partial charge in [0.2, 0.25) is 0 Å². The van der Waals surface area contributed by atoms with Gasteiger partial charge in [0.05, 0.1) is 6.54 Å². The maximum Gasteiger partial charge on any atom is 0.272 e. The quantitative estimate of drug-likeness (QED) is 0.153. The minimum atomic E-state index is -0.322. The van der Waals surface area contributed by atoms with Gasteiger partial charge in [-0.25, -0.2) is 0 Å². The van der Waals surface area contributed by atoms with Gasteiger partial charge in [-0.15, -0.1) is 0 Å². The number of aliphatic imine (C=N–C) groups is 1. The summed E-state index contributed by atoms with van der Waals surface area (Å²) >= 11 is 0. The fraction of sp³-hybridized carbons (Fsp3) is 0.231. The van der Waals surface area contributed by atoms with Gasteiger partial charge in [0.15, 0.2) is 5.96 Å². The summed E-state index contributed by atoms with van der Waals surface area (Å²) in [4.78, 5) is 48.1. The molecule has 0 spiro atoms. The van der Waals surface area contributed by atoms with Gasteiger partial charge in [0.25, 0.3) is 17.7 Å². The summed E-state index contributed by atoms with van der Waals surface area (Å²) in [5, 5.41) is 16.3. The van der Waals surface area contributed by atoms with Gasteiger partial charge in [-0.2, -0.15) is 0 Å². The summed E-state index contributed by atoms with van der Waals surface area (Å²) in [6.45, 7) is 3.33. The van der Waals surface area contributed by atoms with Crippen LogP contribution in [0, 0.1) is 0 Å². The number of amides is 3. The van der Waals surface area contributed by atoms with E-state index in [2.05, 4.69) is 41.5 Å². The molecule has 0 atom stereocenters. The number of anilines is 1. The zero-order valence-electron chi connectivity index (χ0n) is 20.6. The van der Waals surface area contributed by atoms with Gasteiger partial charge >= 0.3 is 0 Å². The monoisotopic (exact) mass is 515 g/mol. The van der Waals surface area contributed by atoms with Crippen molar-refractivity contribution in [1.29, 1.82) is 0 Å². The zero-order chi connectivity index (χ0) is 26.5. The van der Waals surface area contributed by atoms with E-state index in [1.807, 2.05) is 0 Å². The lowest BCUT2D eigenvalue weighted by molar-refractivity contribution is 0.0944.